The second kappa shape index (κ2) is 7.92. The predicted octanol–water partition coefficient (Wildman–Crippen LogP) is 3.60. The molecule has 7 nitrogen and oxygen atoms in total. The summed E-state index contributed by atoms with van der Waals surface area (Å²) in [5.41, 5.74) is 2.40. The summed E-state index contributed by atoms with van der Waals surface area (Å²) >= 11 is 3.35. The fourth-order valence-electron chi connectivity index (χ4n) is 2.28. The predicted molar refractivity (Wildman–Crippen MR) is 103 cm³/mol. The number of aromatic nitrogens is 3. The molecule has 0 bridgehead atoms. The highest BCUT2D eigenvalue weighted by molar-refractivity contribution is 9.10. The highest BCUT2D eigenvalue weighted by Gasteiger charge is 2.13. The van der Waals surface area contributed by atoms with Crippen molar-refractivity contribution in [1.82, 2.24) is 15.0 Å². The summed E-state index contributed by atoms with van der Waals surface area (Å²) < 4.78 is 6.16. The lowest BCUT2D eigenvalue weighted by Gasteiger charge is -2.11. The van der Waals surface area contributed by atoms with Gasteiger partial charge in [-0.2, -0.15) is 0 Å². The van der Waals surface area contributed by atoms with Gasteiger partial charge >= 0.3 is 0 Å². The molecule has 3 aromatic rings. The van der Waals surface area contributed by atoms with E-state index in [0.29, 0.717) is 28.8 Å². The molecule has 0 aliphatic heterocycles. The molecule has 8 heteroatoms. The van der Waals surface area contributed by atoms with Gasteiger partial charge < -0.3 is 15.4 Å². The maximum absolute atomic E-state index is 12.5. The first-order chi connectivity index (χ1) is 12.6. The Morgan fingerprint density at radius 2 is 1.92 bits per heavy atom. The molecular weight excluding hydrogens is 398 g/mol. The number of hydrogen-bond donors (Lipinski definition) is 2. The number of hydrogen-bond acceptors (Lipinski definition) is 6. The third-order valence-electron chi connectivity index (χ3n) is 3.57. The topological polar surface area (TPSA) is 89.0 Å². The van der Waals surface area contributed by atoms with Crippen molar-refractivity contribution in [3.05, 3.63) is 58.8 Å². The van der Waals surface area contributed by atoms with Crippen molar-refractivity contribution < 1.29 is 9.53 Å². The standard InChI is InChI=1S/C18H16BrN5O2/c1-20-18-21-8-7-14(24-18)12-9-15(17(26-2)22-10-12)23-16(25)11-3-5-13(19)6-4-11/h3-10H,1-2H3,(H,23,25)(H,20,21,24). The third-order valence-corrected chi connectivity index (χ3v) is 4.10. The van der Waals surface area contributed by atoms with Crippen LogP contribution in [0.1, 0.15) is 10.4 Å². The summed E-state index contributed by atoms with van der Waals surface area (Å²) in [5, 5.41) is 5.73. The number of benzene rings is 1. The molecule has 2 N–H and O–H groups in total. The molecule has 1 aromatic carbocycles. The van der Waals surface area contributed by atoms with Crippen molar-refractivity contribution in [2.75, 3.05) is 24.8 Å². The summed E-state index contributed by atoms with van der Waals surface area (Å²) in [4.78, 5) is 25.2. The van der Waals surface area contributed by atoms with Crippen molar-refractivity contribution in [2.45, 2.75) is 0 Å². The van der Waals surface area contributed by atoms with Gasteiger partial charge in [0.2, 0.25) is 11.8 Å². The molecule has 0 saturated heterocycles. The van der Waals surface area contributed by atoms with E-state index in [1.807, 2.05) is 0 Å². The van der Waals surface area contributed by atoms with Crippen LogP contribution in [0.5, 0.6) is 5.88 Å². The van der Waals surface area contributed by atoms with Gasteiger partial charge in [0.1, 0.15) is 5.69 Å². The number of carbonyl (C=O) groups excluding carboxylic acids is 1. The smallest absolute Gasteiger partial charge is 0.255 e. The Balaban J connectivity index is 1.92. The molecule has 2 aromatic heterocycles. The zero-order valence-corrected chi connectivity index (χ0v) is 15.7. The molecule has 0 fully saturated rings. The Bertz CT molecular complexity index is 931. The van der Waals surface area contributed by atoms with Crippen LogP contribution in [-0.2, 0) is 0 Å². The number of nitrogens with zero attached hydrogens (tertiary/aromatic N) is 3. The zero-order chi connectivity index (χ0) is 18.5. The summed E-state index contributed by atoms with van der Waals surface area (Å²) in [5.74, 6) is 0.564. The van der Waals surface area contributed by atoms with E-state index in [0.717, 1.165) is 10.0 Å². The second-order valence-corrected chi connectivity index (χ2v) is 6.17. The number of methoxy groups -OCH3 is 1. The van der Waals surface area contributed by atoms with Gasteiger partial charge in [-0.15, -0.1) is 0 Å². The van der Waals surface area contributed by atoms with Gasteiger partial charge in [0.05, 0.1) is 12.8 Å². The van der Waals surface area contributed by atoms with Crippen LogP contribution in [0.4, 0.5) is 11.6 Å². The quantitative estimate of drug-likeness (QED) is 0.663. The van der Waals surface area contributed by atoms with Gasteiger partial charge in [-0.25, -0.2) is 15.0 Å². The summed E-state index contributed by atoms with van der Waals surface area (Å²) in [6.45, 7) is 0. The van der Waals surface area contributed by atoms with Crippen LogP contribution in [0.25, 0.3) is 11.3 Å². The van der Waals surface area contributed by atoms with Crippen molar-refractivity contribution in [1.29, 1.82) is 0 Å². The van der Waals surface area contributed by atoms with Crippen molar-refractivity contribution in [2.24, 2.45) is 0 Å². The Hall–Kier alpha value is -3.00. The molecule has 1 amide bonds. The number of rotatable bonds is 5. The Kier molecular flexibility index (Phi) is 5.43. The maximum Gasteiger partial charge on any atom is 0.255 e. The Labute approximate surface area is 159 Å². The lowest BCUT2D eigenvalue weighted by molar-refractivity contribution is 0.102. The number of pyridine rings is 1. The van der Waals surface area contributed by atoms with E-state index in [1.54, 1.807) is 55.8 Å². The first kappa shape index (κ1) is 17.8. The monoisotopic (exact) mass is 413 g/mol. The van der Waals surface area contributed by atoms with Crippen LogP contribution in [0.3, 0.4) is 0 Å². The normalized spacial score (nSPS) is 10.3. The second-order valence-electron chi connectivity index (χ2n) is 5.26. The molecule has 26 heavy (non-hydrogen) atoms. The lowest BCUT2D eigenvalue weighted by Crippen LogP contribution is -2.13. The molecular formula is C18H16BrN5O2. The van der Waals surface area contributed by atoms with E-state index in [-0.39, 0.29) is 5.91 Å². The van der Waals surface area contributed by atoms with Gasteiger partial charge in [0.15, 0.2) is 0 Å². The largest absolute Gasteiger partial charge is 0.480 e. The molecule has 0 atom stereocenters. The minimum Gasteiger partial charge on any atom is -0.480 e. The van der Waals surface area contributed by atoms with Crippen LogP contribution in [0, 0.1) is 0 Å². The number of anilines is 2. The minimum atomic E-state index is -0.256. The van der Waals surface area contributed by atoms with E-state index < -0.39 is 0 Å². The number of ether oxygens (including phenoxy) is 1. The van der Waals surface area contributed by atoms with Gasteiger partial charge in [0.25, 0.3) is 5.91 Å². The van der Waals surface area contributed by atoms with Crippen LogP contribution in [0.2, 0.25) is 0 Å². The number of halogens is 1. The summed E-state index contributed by atoms with van der Waals surface area (Å²) in [7, 11) is 3.25. The first-order valence-electron chi connectivity index (χ1n) is 7.73. The molecule has 2 heterocycles. The fraction of sp³-hybridized carbons (Fsp3) is 0.111. The van der Waals surface area contributed by atoms with Gasteiger partial charge in [-0.3, -0.25) is 4.79 Å². The van der Waals surface area contributed by atoms with E-state index in [4.69, 9.17) is 4.74 Å². The average molecular weight is 414 g/mol. The summed E-state index contributed by atoms with van der Waals surface area (Å²) in [6, 6.07) is 10.6. The fourth-order valence-corrected chi connectivity index (χ4v) is 2.54. The van der Waals surface area contributed by atoms with Crippen LogP contribution >= 0.6 is 15.9 Å². The van der Waals surface area contributed by atoms with Crippen molar-refractivity contribution in [3.8, 4) is 17.1 Å². The van der Waals surface area contributed by atoms with Crippen LogP contribution in [0.15, 0.2) is 53.3 Å². The highest BCUT2D eigenvalue weighted by Crippen LogP contribution is 2.28. The van der Waals surface area contributed by atoms with Crippen LogP contribution < -0.4 is 15.4 Å². The van der Waals surface area contributed by atoms with E-state index in [2.05, 4.69) is 41.5 Å². The van der Waals surface area contributed by atoms with Crippen molar-refractivity contribution in [3.63, 3.8) is 0 Å². The van der Waals surface area contributed by atoms with Gasteiger partial charge in [-0.05, 0) is 36.4 Å². The SMILES string of the molecule is CNc1nccc(-c2cnc(OC)c(NC(=O)c3ccc(Br)cc3)c2)n1. The van der Waals surface area contributed by atoms with E-state index in [9.17, 15) is 4.79 Å². The first-order valence-corrected chi connectivity index (χ1v) is 8.52. The zero-order valence-electron chi connectivity index (χ0n) is 14.2. The molecule has 0 spiro atoms. The lowest BCUT2D eigenvalue weighted by atomic mass is 10.1. The highest BCUT2D eigenvalue weighted by atomic mass is 79.9. The molecule has 0 unspecified atom stereocenters. The number of amides is 1. The third kappa shape index (κ3) is 3.97. The average Bonchev–Trinajstić information content (AvgIpc) is 2.68. The van der Waals surface area contributed by atoms with Crippen molar-refractivity contribution >= 4 is 33.5 Å². The van der Waals surface area contributed by atoms with Gasteiger partial charge in [0, 0.05) is 35.0 Å². The van der Waals surface area contributed by atoms with Crippen LogP contribution in [-0.4, -0.2) is 35.0 Å². The number of nitrogens with one attached hydrogen (secondary N) is 2. The molecule has 0 aliphatic rings. The molecule has 132 valence electrons. The Morgan fingerprint density at radius 1 is 1.15 bits per heavy atom. The maximum atomic E-state index is 12.5. The minimum absolute atomic E-state index is 0.256. The molecule has 0 radical (unpaired) electrons. The van der Waals surface area contributed by atoms with E-state index >= 15 is 0 Å². The summed E-state index contributed by atoms with van der Waals surface area (Å²) in [6.07, 6.45) is 3.29. The number of carbonyl (C=O) groups is 1. The van der Waals surface area contributed by atoms with E-state index in [1.165, 1.54) is 7.11 Å². The molecule has 0 saturated carbocycles. The Morgan fingerprint density at radius 3 is 2.62 bits per heavy atom. The molecule has 0 aliphatic carbocycles. The molecule has 3 rings (SSSR count). The van der Waals surface area contributed by atoms with Gasteiger partial charge in [-0.1, -0.05) is 15.9 Å².